The van der Waals surface area contributed by atoms with Gasteiger partial charge in [-0.05, 0) is 25.7 Å². The van der Waals surface area contributed by atoms with E-state index in [0.717, 1.165) is 32.1 Å². The molecule has 0 fully saturated rings. The Bertz CT molecular complexity index is 404. The van der Waals surface area contributed by atoms with Gasteiger partial charge in [-0.25, -0.2) is 0 Å². The molecule has 0 spiro atoms. The van der Waals surface area contributed by atoms with E-state index >= 15 is 0 Å². The van der Waals surface area contributed by atoms with Crippen LogP contribution in [-0.4, -0.2) is 25.2 Å². The van der Waals surface area contributed by atoms with Gasteiger partial charge < -0.3 is 9.47 Å². The summed E-state index contributed by atoms with van der Waals surface area (Å²) in [6, 6.07) is 0. The number of carbonyl (C=O) groups excluding carboxylic acids is 2. The Kier molecular flexibility index (Phi) is 21.9. The summed E-state index contributed by atoms with van der Waals surface area (Å²) in [5.74, 6) is -0.604. The SMILES string of the molecule is CCCC/C=C/CCCOC(=O)CCC(=O)OCCCCCCCCCCCC. The Morgan fingerprint density at radius 3 is 1.48 bits per heavy atom. The molecule has 29 heavy (non-hydrogen) atoms. The molecule has 0 unspecified atom stereocenters. The number of ether oxygens (including phenoxy) is 2. The third kappa shape index (κ3) is 22.8. The van der Waals surface area contributed by atoms with Crippen LogP contribution in [0.4, 0.5) is 0 Å². The smallest absolute Gasteiger partial charge is 0.306 e. The molecule has 0 radical (unpaired) electrons. The first-order valence-electron chi connectivity index (χ1n) is 12.2. The molecule has 4 heteroatoms. The van der Waals surface area contributed by atoms with Crippen molar-refractivity contribution >= 4 is 11.9 Å². The van der Waals surface area contributed by atoms with Gasteiger partial charge in [0.15, 0.2) is 0 Å². The van der Waals surface area contributed by atoms with Gasteiger partial charge in [0.2, 0.25) is 0 Å². The molecule has 0 bridgehead atoms. The summed E-state index contributed by atoms with van der Waals surface area (Å²) < 4.78 is 10.3. The minimum Gasteiger partial charge on any atom is -0.466 e. The summed E-state index contributed by atoms with van der Waals surface area (Å²) in [4.78, 5) is 23.3. The number of rotatable bonds is 21. The van der Waals surface area contributed by atoms with Crippen molar-refractivity contribution in [2.45, 2.75) is 123 Å². The van der Waals surface area contributed by atoms with Gasteiger partial charge in [0.05, 0.1) is 26.1 Å². The average Bonchev–Trinajstić information content (AvgIpc) is 2.72. The van der Waals surface area contributed by atoms with E-state index in [1.165, 1.54) is 64.2 Å². The highest BCUT2D eigenvalue weighted by atomic mass is 16.5. The van der Waals surface area contributed by atoms with Crippen LogP contribution in [0, 0.1) is 0 Å². The van der Waals surface area contributed by atoms with Crippen molar-refractivity contribution in [1.29, 1.82) is 0 Å². The van der Waals surface area contributed by atoms with Crippen molar-refractivity contribution < 1.29 is 19.1 Å². The van der Waals surface area contributed by atoms with Crippen molar-refractivity contribution in [2.75, 3.05) is 13.2 Å². The van der Waals surface area contributed by atoms with Gasteiger partial charge in [0, 0.05) is 0 Å². The number of unbranched alkanes of at least 4 members (excludes halogenated alkanes) is 12. The minimum absolute atomic E-state index is 0.114. The Morgan fingerprint density at radius 1 is 0.552 bits per heavy atom. The molecular formula is C25H46O4. The van der Waals surface area contributed by atoms with Crippen molar-refractivity contribution in [3.8, 4) is 0 Å². The third-order valence-electron chi connectivity index (χ3n) is 4.96. The zero-order valence-electron chi connectivity index (χ0n) is 19.2. The fraction of sp³-hybridized carbons (Fsp3) is 0.840. The number of esters is 2. The highest BCUT2D eigenvalue weighted by Gasteiger charge is 2.08. The second kappa shape index (κ2) is 23.0. The number of allylic oxidation sites excluding steroid dienone is 2. The summed E-state index contributed by atoms with van der Waals surface area (Å²) in [5.41, 5.74) is 0. The maximum Gasteiger partial charge on any atom is 0.306 e. The van der Waals surface area contributed by atoms with E-state index in [-0.39, 0.29) is 24.8 Å². The van der Waals surface area contributed by atoms with Gasteiger partial charge >= 0.3 is 11.9 Å². The van der Waals surface area contributed by atoms with Crippen molar-refractivity contribution in [3.05, 3.63) is 12.2 Å². The molecule has 0 aliphatic rings. The van der Waals surface area contributed by atoms with Gasteiger partial charge in [0.25, 0.3) is 0 Å². The number of carbonyl (C=O) groups is 2. The normalized spacial score (nSPS) is 11.1. The molecule has 0 amide bonds. The molecular weight excluding hydrogens is 364 g/mol. The van der Waals surface area contributed by atoms with E-state index in [0.29, 0.717) is 13.2 Å². The quantitative estimate of drug-likeness (QED) is 0.113. The predicted octanol–water partition coefficient (Wildman–Crippen LogP) is 7.30. The second-order valence-electron chi connectivity index (χ2n) is 7.88. The van der Waals surface area contributed by atoms with Gasteiger partial charge in [-0.15, -0.1) is 0 Å². The number of hydrogen-bond acceptors (Lipinski definition) is 4. The van der Waals surface area contributed by atoms with Crippen LogP contribution in [-0.2, 0) is 19.1 Å². The Balaban J connectivity index is 3.36. The molecule has 0 saturated carbocycles. The van der Waals surface area contributed by atoms with Gasteiger partial charge in [0.1, 0.15) is 0 Å². The van der Waals surface area contributed by atoms with E-state index in [1.807, 2.05) is 0 Å². The van der Waals surface area contributed by atoms with E-state index in [9.17, 15) is 9.59 Å². The summed E-state index contributed by atoms with van der Waals surface area (Å²) >= 11 is 0. The van der Waals surface area contributed by atoms with E-state index in [2.05, 4.69) is 26.0 Å². The molecule has 0 aliphatic carbocycles. The van der Waals surface area contributed by atoms with Crippen molar-refractivity contribution in [3.63, 3.8) is 0 Å². The third-order valence-corrected chi connectivity index (χ3v) is 4.96. The molecule has 0 atom stereocenters. The Labute approximate surface area is 179 Å². The van der Waals surface area contributed by atoms with Crippen LogP contribution in [0.1, 0.15) is 123 Å². The molecule has 0 N–H and O–H groups in total. The molecule has 0 aromatic rings. The topological polar surface area (TPSA) is 52.6 Å². The van der Waals surface area contributed by atoms with Crippen molar-refractivity contribution in [2.24, 2.45) is 0 Å². The Morgan fingerprint density at radius 2 is 0.966 bits per heavy atom. The first-order chi connectivity index (χ1) is 14.2. The molecule has 170 valence electrons. The molecule has 0 aromatic heterocycles. The lowest BCUT2D eigenvalue weighted by molar-refractivity contribution is -0.150. The van der Waals surface area contributed by atoms with Crippen LogP contribution < -0.4 is 0 Å². The maximum atomic E-state index is 11.7. The summed E-state index contributed by atoms with van der Waals surface area (Å²) in [6.45, 7) is 5.31. The largest absolute Gasteiger partial charge is 0.466 e. The lowest BCUT2D eigenvalue weighted by Crippen LogP contribution is -2.11. The van der Waals surface area contributed by atoms with Crippen molar-refractivity contribution in [1.82, 2.24) is 0 Å². The first kappa shape index (κ1) is 27.7. The summed E-state index contributed by atoms with van der Waals surface area (Å²) in [7, 11) is 0. The van der Waals surface area contributed by atoms with E-state index in [4.69, 9.17) is 9.47 Å². The van der Waals surface area contributed by atoms with Gasteiger partial charge in [-0.3, -0.25) is 9.59 Å². The van der Waals surface area contributed by atoms with E-state index in [1.54, 1.807) is 0 Å². The Hall–Kier alpha value is -1.32. The molecule has 0 aliphatic heterocycles. The maximum absolute atomic E-state index is 11.7. The minimum atomic E-state index is -0.309. The lowest BCUT2D eigenvalue weighted by atomic mass is 10.1. The molecule has 0 aromatic carbocycles. The fourth-order valence-corrected chi connectivity index (χ4v) is 3.07. The number of hydrogen-bond donors (Lipinski definition) is 0. The monoisotopic (exact) mass is 410 g/mol. The zero-order valence-corrected chi connectivity index (χ0v) is 19.2. The lowest BCUT2D eigenvalue weighted by Gasteiger charge is -2.06. The highest BCUT2D eigenvalue weighted by molar-refractivity contribution is 5.77. The molecule has 0 saturated heterocycles. The first-order valence-corrected chi connectivity index (χ1v) is 12.2. The molecule has 0 heterocycles. The highest BCUT2D eigenvalue weighted by Crippen LogP contribution is 2.10. The predicted molar refractivity (Wildman–Crippen MR) is 121 cm³/mol. The van der Waals surface area contributed by atoms with Gasteiger partial charge in [-0.2, -0.15) is 0 Å². The van der Waals surface area contributed by atoms with Crippen LogP contribution in [0.3, 0.4) is 0 Å². The van der Waals surface area contributed by atoms with Crippen LogP contribution >= 0.6 is 0 Å². The molecule has 4 nitrogen and oxygen atoms in total. The summed E-state index contributed by atoms with van der Waals surface area (Å²) in [6.07, 6.45) is 22.5. The van der Waals surface area contributed by atoms with Crippen LogP contribution in [0.15, 0.2) is 12.2 Å². The van der Waals surface area contributed by atoms with Gasteiger partial charge in [-0.1, -0.05) is 96.6 Å². The summed E-state index contributed by atoms with van der Waals surface area (Å²) in [5, 5.41) is 0. The van der Waals surface area contributed by atoms with Crippen LogP contribution in [0.5, 0.6) is 0 Å². The fourth-order valence-electron chi connectivity index (χ4n) is 3.07. The van der Waals surface area contributed by atoms with Crippen LogP contribution in [0.25, 0.3) is 0 Å². The average molecular weight is 411 g/mol. The van der Waals surface area contributed by atoms with Crippen LogP contribution in [0.2, 0.25) is 0 Å². The molecule has 0 rings (SSSR count). The van der Waals surface area contributed by atoms with E-state index < -0.39 is 0 Å². The second-order valence-corrected chi connectivity index (χ2v) is 7.88. The standard InChI is InChI=1S/C25H46O4/c1-3-5-7-9-11-12-13-15-17-19-23-29-25(27)21-20-24(26)28-22-18-16-14-10-8-6-4-2/h10,14H,3-9,11-13,15-23H2,1-2H3/b14-10+. The zero-order chi connectivity index (χ0) is 21.4.